The molecule has 1 aromatic carbocycles. The molecule has 1 aromatic rings. The van der Waals surface area contributed by atoms with E-state index < -0.39 is 3.79 Å². The molecule has 0 nitrogen and oxygen atoms in total. The van der Waals surface area contributed by atoms with E-state index in [-0.39, 0.29) is 29.6 Å². The van der Waals surface area contributed by atoms with Crippen molar-refractivity contribution in [1.82, 2.24) is 0 Å². The van der Waals surface area contributed by atoms with E-state index in [1.165, 1.54) is 0 Å². The van der Waals surface area contributed by atoms with Gasteiger partial charge in [0.1, 0.15) is 0 Å². The van der Waals surface area contributed by atoms with Gasteiger partial charge in [-0.2, -0.15) is 0 Å². The fourth-order valence-corrected chi connectivity index (χ4v) is 1.65. The minimum atomic E-state index is -1.31. The molecule has 0 amide bonds. The van der Waals surface area contributed by atoms with Crippen molar-refractivity contribution < 1.29 is 0 Å². The van der Waals surface area contributed by atoms with Crippen LogP contribution in [0.4, 0.5) is 0 Å². The van der Waals surface area contributed by atoms with Gasteiger partial charge >= 0.3 is 29.6 Å². The Kier molecular flexibility index (Phi) is 5.69. The molecule has 0 unspecified atom stereocenters. The van der Waals surface area contributed by atoms with Gasteiger partial charge in [0.25, 0.3) is 0 Å². The molecule has 0 heterocycles. The van der Waals surface area contributed by atoms with Crippen LogP contribution in [0, 0.1) is 13.8 Å². The molecule has 0 bridgehead atoms. The van der Waals surface area contributed by atoms with Gasteiger partial charge in [0.05, 0.1) is 0 Å². The Bertz CT molecular complexity index is 291. The molecule has 0 N–H and O–H groups in total. The van der Waals surface area contributed by atoms with Crippen LogP contribution in [0.2, 0.25) is 0 Å². The first-order chi connectivity index (χ1) is 5.41. The van der Waals surface area contributed by atoms with E-state index in [2.05, 4.69) is 0 Å². The number of rotatable bonds is 0. The third-order valence-electron chi connectivity index (χ3n) is 1.70. The number of hydrogen-bond acceptors (Lipinski definition) is 0. The summed E-state index contributed by atoms with van der Waals surface area (Å²) in [5.74, 6) is 0. The average Bonchev–Trinajstić information content (AvgIpc) is 1.92. The van der Waals surface area contributed by atoms with E-state index in [0.717, 1.165) is 16.7 Å². The predicted molar refractivity (Wildman–Crippen MR) is 62.3 cm³/mol. The van der Waals surface area contributed by atoms with Crippen LogP contribution in [0.25, 0.3) is 0 Å². The average molecular weight is 248 g/mol. The quantitative estimate of drug-likeness (QED) is 0.486. The molecule has 1 rings (SSSR count). The Morgan fingerprint density at radius 1 is 1.08 bits per heavy atom. The molecule has 0 radical (unpaired) electrons. The van der Waals surface area contributed by atoms with Crippen LogP contribution in [0.3, 0.4) is 0 Å². The predicted octanol–water partition coefficient (Wildman–Crippen LogP) is 3.48. The molecule has 0 aliphatic carbocycles. The number of alkyl halides is 3. The third kappa shape index (κ3) is 3.99. The first-order valence-electron chi connectivity index (χ1n) is 3.55. The van der Waals surface area contributed by atoms with Crippen molar-refractivity contribution in [2.45, 2.75) is 17.6 Å². The first-order valence-corrected chi connectivity index (χ1v) is 4.69. The van der Waals surface area contributed by atoms with Crippen LogP contribution in [0.15, 0.2) is 18.2 Å². The van der Waals surface area contributed by atoms with E-state index >= 15 is 0 Å². The van der Waals surface area contributed by atoms with Crippen LogP contribution in [-0.2, 0) is 3.79 Å². The van der Waals surface area contributed by atoms with Gasteiger partial charge in [-0.15, -0.1) is 0 Å². The SMILES string of the molecule is Cc1ccc(C)c(C(Cl)(Cl)Cl)c1.[NaH]. The van der Waals surface area contributed by atoms with E-state index in [0.29, 0.717) is 0 Å². The van der Waals surface area contributed by atoms with Crippen molar-refractivity contribution in [3.8, 4) is 0 Å². The zero-order chi connectivity index (χ0) is 9.35. The number of hydrogen-bond donors (Lipinski definition) is 0. The van der Waals surface area contributed by atoms with Gasteiger partial charge in [0, 0.05) is 5.56 Å². The van der Waals surface area contributed by atoms with Crippen molar-refractivity contribution in [2.24, 2.45) is 0 Å². The van der Waals surface area contributed by atoms with Gasteiger partial charge in [-0.1, -0.05) is 58.6 Å². The molecular weight excluding hydrogens is 237 g/mol. The normalized spacial score (nSPS) is 10.8. The maximum absolute atomic E-state index is 5.77. The van der Waals surface area contributed by atoms with Crippen molar-refractivity contribution in [3.63, 3.8) is 0 Å². The van der Waals surface area contributed by atoms with Crippen LogP contribution in [0.5, 0.6) is 0 Å². The van der Waals surface area contributed by atoms with E-state index in [9.17, 15) is 0 Å². The summed E-state index contributed by atoms with van der Waals surface area (Å²) >= 11 is 17.3. The molecule has 0 saturated carbocycles. The van der Waals surface area contributed by atoms with Gasteiger partial charge in [-0.25, -0.2) is 0 Å². The molecule has 0 aliphatic rings. The Hall–Kier alpha value is 1.09. The zero-order valence-corrected chi connectivity index (χ0v) is 9.13. The summed E-state index contributed by atoms with van der Waals surface area (Å²) in [7, 11) is 0. The van der Waals surface area contributed by atoms with Crippen LogP contribution >= 0.6 is 34.8 Å². The van der Waals surface area contributed by atoms with Crippen LogP contribution in [0.1, 0.15) is 16.7 Å². The van der Waals surface area contributed by atoms with Crippen molar-refractivity contribution in [3.05, 3.63) is 34.9 Å². The zero-order valence-electron chi connectivity index (χ0n) is 6.87. The molecule has 0 fully saturated rings. The number of aryl methyl sites for hydroxylation is 2. The second kappa shape index (κ2) is 5.25. The summed E-state index contributed by atoms with van der Waals surface area (Å²) < 4.78 is -1.31. The Labute approximate surface area is 116 Å². The number of benzene rings is 1. The Morgan fingerprint density at radius 3 is 2.00 bits per heavy atom. The summed E-state index contributed by atoms with van der Waals surface area (Å²) in [6, 6.07) is 5.84. The summed E-state index contributed by atoms with van der Waals surface area (Å²) in [5.41, 5.74) is 2.86. The topological polar surface area (TPSA) is 0 Å². The molecule has 4 heteroatoms. The summed E-state index contributed by atoms with van der Waals surface area (Å²) in [6.07, 6.45) is 0. The van der Waals surface area contributed by atoms with Crippen LogP contribution in [-0.4, -0.2) is 29.6 Å². The minimum absolute atomic E-state index is 0. The Balaban J connectivity index is 0.00000144. The standard InChI is InChI=1S/C9H9Cl3.Na.H/c1-6-3-4-7(2)8(5-6)9(10,11)12;;/h3-5H,1-2H3;;. The first kappa shape index (κ1) is 14.1. The molecular formula is C9H10Cl3Na. The van der Waals surface area contributed by atoms with E-state index in [1.54, 1.807) is 0 Å². The van der Waals surface area contributed by atoms with Gasteiger partial charge < -0.3 is 0 Å². The summed E-state index contributed by atoms with van der Waals surface area (Å²) in [5, 5.41) is 0. The number of halogens is 3. The summed E-state index contributed by atoms with van der Waals surface area (Å²) in [6.45, 7) is 3.90. The van der Waals surface area contributed by atoms with Gasteiger partial charge in [-0.3, -0.25) is 0 Å². The fraction of sp³-hybridized carbons (Fsp3) is 0.333. The van der Waals surface area contributed by atoms with Crippen molar-refractivity contribution in [2.75, 3.05) is 0 Å². The van der Waals surface area contributed by atoms with Gasteiger partial charge in [0.15, 0.2) is 0 Å². The van der Waals surface area contributed by atoms with E-state index in [4.69, 9.17) is 34.8 Å². The summed E-state index contributed by atoms with van der Waals surface area (Å²) in [4.78, 5) is 0. The molecule has 68 valence electrons. The molecule has 0 atom stereocenters. The third-order valence-corrected chi connectivity index (χ3v) is 2.31. The Morgan fingerprint density at radius 2 is 1.62 bits per heavy atom. The van der Waals surface area contributed by atoms with Gasteiger partial charge in [0.2, 0.25) is 3.79 Å². The second-order valence-electron chi connectivity index (χ2n) is 2.82. The molecule has 0 saturated heterocycles. The molecule has 0 spiro atoms. The second-order valence-corrected chi connectivity index (χ2v) is 5.10. The van der Waals surface area contributed by atoms with Gasteiger partial charge in [-0.05, 0) is 19.4 Å². The molecule has 0 aromatic heterocycles. The molecule has 0 aliphatic heterocycles. The van der Waals surface area contributed by atoms with Crippen molar-refractivity contribution >= 4 is 64.4 Å². The maximum atomic E-state index is 5.77. The van der Waals surface area contributed by atoms with Crippen molar-refractivity contribution in [1.29, 1.82) is 0 Å². The van der Waals surface area contributed by atoms with E-state index in [1.807, 2.05) is 32.0 Å². The molecule has 13 heavy (non-hydrogen) atoms. The monoisotopic (exact) mass is 246 g/mol. The fourth-order valence-electron chi connectivity index (χ4n) is 1.04. The van der Waals surface area contributed by atoms with Crippen LogP contribution < -0.4 is 0 Å².